The van der Waals surface area contributed by atoms with E-state index in [1.54, 1.807) is 6.33 Å². The van der Waals surface area contributed by atoms with Gasteiger partial charge >= 0.3 is 0 Å². The van der Waals surface area contributed by atoms with E-state index < -0.39 is 0 Å². The van der Waals surface area contributed by atoms with Gasteiger partial charge in [-0.3, -0.25) is 0 Å². The third-order valence-electron chi connectivity index (χ3n) is 5.21. The molecule has 0 N–H and O–H groups in total. The molecule has 3 heterocycles. The fourth-order valence-corrected chi connectivity index (χ4v) is 3.92. The molecule has 3 aliphatic rings. The highest BCUT2D eigenvalue weighted by Gasteiger charge is 2.36. The summed E-state index contributed by atoms with van der Waals surface area (Å²) in [5.74, 6) is 1.12. The molecule has 2 aliphatic heterocycles. The van der Waals surface area contributed by atoms with Crippen LogP contribution in [-0.2, 0) is 4.74 Å². The van der Waals surface area contributed by atoms with Gasteiger partial charge in [0.25, 0.3) is 0 Å². The molecule has 1 atom stereocenters. The second kappa shape index (κ2) is 6.50. The van der Waals surface area contributed by atoms with Crippen LogP contribution in [0.25, 0.3) is 0 Å². The smallest absolute Gasteiger partial charge is 0.132 e. The first-order valence-electron chi connectivity index (χ1n) is 8.78. The minimum Gasteiger partial charge on any atom is -0.377 e. The molecule has 0 aromatic carbocycles. The third-order valence-corrected chi connectivity index (χ3v) is 5.21. The van der Waals surface area contributed by atoms with Crippen LogP contribution in [0.4, 0.5) is 5.82 Å². The van der Waals surface area contributed by atoms with Crippen molar-refractivity contribution in [2.75, 3.05) is 31.1 Å². The van der Waals surface area contributed by atoms with Crippen LogP contribution in [0.3, 0.4) is 0 Å². The molecule has 0 bridgehead atoms. The Bertz CT molecular complexity index is 465. The lowest BCUT2D eigenvalue weighted by molar-refractivity contribution is 0.0641. The minimum absolute atomic E-state index is 0.484. The van der Waals surface area contributed by atoms with Crippen LogP contribution in [0, 0.1) is 0 Å². The average Bonchev–Trinajstić information content (AvgIpc) is 3.26. The molecule has 1 unspecified atom stereocenters. The Kier molecular flexibility index (Phi) is 4.26. The molecular formula is C17H26N4O. The van der Waals surface area contributed by atoms with Crippen molar-refractivity contribution in [3.05, 3.63) is 18.6 Å². The molecule has 5 heteroatoms. The van der Waals surface area contributed by atoms with E-state index in [0.29, 0.717) is 18.2 Å². The first-order chi connectivity index (χ1) is 10.9. The van der Waals surface area contributed by atoms with Gasteiger partial charge in [-0.1, -0.05) is 0 Å². The Labute approximate surface area is 132 Å². The van der Waals surface area contributed by atoms with Crippen LogP contribution in [0.1, 0.15) is 38.5 Å². The lowest BCUT2D eigenvalue weighted by atomic mass is 10.0. The van der Waals surface area contributed by atoms with Crippen LogP contribution < -0.4 is 4.90 Å². The summed E-state index contributed by atoms with van der Waals surface area (Å²) in [6, 6.07) is 3.42. The summed E-state index contributed by atoms with van der Waals surface area (Å²) < 4.78 is 5.78. The van der Waals surface area contributed by atoms with Gasteiger partial charge in [-0.25, -0.2) is 9.97 Å². The zero-order valence-electron chi connectivity index (χ0n) is 13.2. The highest BCUT2D eigenvalue weighted by Crippen LogP contribution is 2.35. The van der Waals surface area contributed by atoms with Crippen LogP contribution >= 0.6 is 0 Å². The van der Waals surface area contributed by atoms with Crippen LogP contribution in [-0.4, -0.2) is 59.3 Å². The Morgan fingerprint density at radius 2 is 1.95 bits per heavy atom. The highest BCUT2D eigenvalue weighted by atomic mass is 16.5. The van der Waals surface area contributed by atoms with Gasteiger partial charge in [-0.2, -0.15) is 0 Å². The van der Waals surface area contributed by atoms with Crippen molar-refractivity contribution < 1.29 is 4.74 Å². The maximum Gasteiger partial charge on any atom is 0.132 e. The normalized spacial score (nSPS) is 27.2. The van der Waals surface area contributed by atoms with Crippen LogP contribution in [0.5, 0.6) is 0 Å². The molecule has 3 fully saturated rings. The van der Waals surface area contributed by atoms with E-state index >= 15 is 0 Å². The predicted molar refractivity (Wildman–Crippen MR) is 86.0 cm³/mol. The van der Waals surface area contributed by atoms with E-state index in [2.05, 4.69) is 25.8 Å². The van der Waals surface area contributed by atoms with E-state index in [1.165, 1.54) is 51.6 Å². The van der Waals surface area contributed by atoms with Crippen LogP contribution in [0.2, 0.25) is 0 Å². The van der Waals surface area contributed by atoms with Crippen molar-refractivity contribution in [2.45, 2.75) is 56.7 Å². The summed E-state index contributed by atoms with van der Waals surface area (Å²) in [7, 11) is 0. The summed E-state index contributed by atoms with van der Waals surface area (Å²) in [6.45, 7) is 4.48. The molecule has 2 saturated heterocycles. The molecule has 22 heavy (non-hydrogen) atoms. The fraction of sp³-hybridized carbons (Fsp3) is 0.765. The second-order valence-corrected chi connectivity index (χ2v) is 6.87. The monoisotopic (exact) mass is 302 g/mol. The second-order valence-electron chi connectivity index (χ2n) is 6.87. The first kappa shape index (κ1) is 14.4. The summed E-state index contributed by atoms with van der Waals surface area (Å²) in [5, 5.41) is 0. The van der Waals surface area contributed by atoms with Crippen molar-refractivity contribution in [3.8, 4) is 0 Å². The number of ether oxygens (including phenoxy) is 1. The minimum atomic E-state index is 0.484. The number of hydrogen-bond donors (Lipinski definition) is 0. The summed E-state index contributed by atoms with van der Waals surface area (Å²) in [4.78, 5) is 13.7. The zero-order chi connectivity index (χ0) is 14.8. The maximum atomic E-state index is 5.78. The summed E-state index contributed by atoms with van der Waals surface area (Å²) >= 11 is 0. The van der Waals surface area contributed by atoms with Gasteiger partial charge in [0.05, 0.1) is 6.10 Å². The zero-order valence-corrected chi connectivity index (χ0v) is 13.2. The molecule has 1 saturated carbocycles. The molecule has 1 aliphatic carbocycles. The van der Waals surface area contributed by atoms with Crippen molar-refractivity contribution >= 4 is 5.82 Å². The molecule has 0 spiro atoms. The molecule has 120 valence electrons. The van der Waals surface area contributed by atoms with Gasteiger partial charge in [0.2, 0.25) is 0 Å². The van der Waals surface area contributed by atoms with Crippen molar-refractivity contribution in [2.24, 2.45) is 0 Å². The average molecular weight is 302 g/mol. The summed E-state index contributed by atoms with van der Waals surface area (Å²) in [5.41, 5.74) is 0. The van der Waals surface area contributed by atoms with E-state index in [-0.39, 0.29) is 0 Å². The molecular weight excluding hydrogens is 276 g/mol. The van der Waals surface area contributed by atoms with Gasteiger partial charge in [0.1, 0.15) is 12.1 Å². The van der Waals surface area contributed by atoms with E-state index in [1.807, 2.05) is 6.20 Å². The number of aromatic nitrogens is 2. The van der Waals surface area contributed by atoms with E-state index in [9.17, 15) is 0 Å². The number of rotatable bonds is 5. The number of nitrogens with zero attached hydrogens (tertiary/aromatic N) is 4. The van der Waals surface area contributed by atoms with Crippen molar-refractivity contribution in [1.82, 2.24) is 14.9 Å². The number of piperidine rings is 1. The number of hydrogen-bond acceptors (Lipinski definition) is 5. The topological polar surface area (TPSA) is 41.5 Å². The SMILES string of the molecule is c1cc(N(C2CC2)C2CCN(CC3CCCO3)CC2)ncn1. The fourth-order valence-electron chi connectivity index (χ4n) is 3.92. The van der Waals surface area contributed by atoms with Gasteiger partial charge in [-0.05, 0) is 44.6 Å². The Balaban J connectivity index is 1.35. The van der Waals surface area contributed by atoms with Crippen LogP contribution in [0.15, 0.2) is 18.6 Å². The van der Waals surface area contributed by atoms with Gasteiger partial charge in [0, 0.05) is 44.5 Å². The van der Waals surface area contributed by atoms with E-state index in [4.69, 9.17) is 4.74 Å². The van der Waals surface area contributed by atoms with Gasteiger partial charge < -0.3 is 14.5 Å². The van der Waals surface area contributed by atoms with E-state index in [0.717, 1.165) is 19.0 Å². The maximum absolute atomic E-state index is 5.78. The highest BCUT2D eigenvalue weighted by molar-refractivity contribution is 5.41. The predicted octanol–water partition coefficient (Wildman–Crippen LogP) is 2.09. The number of anilines is 1. The molecule has 1 aromatic heterocycles. The molecule has 0 amide bonds. The summed E-state index contributed by atoms with van der Waals surface area (Å²) in [6.07, 6.45) is 11.6. The van der Waals surface area contributed by atoms with Crippen molar-refractivity contribution in [1.29, 1.82) is 0 Å². The lowest BCUT2D eigenvalue weighted by Gasteiger charge is -2.40. The quantitative estimate of drug-likeness (QED) is 0.833. The molecule has 1 aromatic rings. The standard InChI is InChI=1S/C17H26N4O/c1-2-16(22-11-1)12-20-9-6-15(7-10-20)21(14-3-4-14)17-5-8-18-13-19-17/h5,8,13-16H,1-4,6-7,9-12H2. The molecule has 4 rings (SSSR count). The van der Waals surface area contributed by atoms with Crippen molar-refractivity contribution in [3.63, 3.8) is 0 Å². The number of likely N-dealkylation sites (tertiary alicyclic amines) is 1. The third kappa shape index (κ3) is 3.25. The Morgan fingerprint density at radius 1 is 1.14 bits per heavy atom. The molecule has 5 nitrogen and oxygen atoms in total. The lowest BCUT2D eigenvalue weighted by Crippen LogP contribution is -2.47. The Morgan fingerprint density at radius 3 is 2.59 bits per heavy atom. The Hall–Kier alpha value is -1.20. The largest absolute Gasteiger partial charge is 0.377 e. The molecule has 0 radical (unpaired) electrons. The van der Waals surface area contributed by atoms with Gasteiger partial charge in [0.15, 0.2) is 0 Å². The van der Waals surface area contributed by atoms with Gasteiger partial charge in [-0.15, -0.1) is 0 Å². The first-order valence-corrected chi connectivity index (χ1v) is 8.78.